The summed E-state index contributed by atoms with van der Waals surface area (Å²) in [6, 6.07) is 5.27. The lowest BCUT2D eigenvalue weighted by Crippen LogP contribution is -2.07. The van der Waals surface area contributed by atoms with E-state index in [1.165, 1.54) is 6.07 Å². The molecule has 0 atom stereocenters. The highest BCUT2D eigenvalue weighted by atomic mass is 35.5. The van der Waals surface area contributed by atoms with Crippen LogP contribution in [-0.4, -0.2) is 9.78 Å². The molecule has 2 nitrogen and oxygen atoms in total. The number of halogens is 4. The van der Waals surface area contributed by atoms with Crippen molar-refractivity contribution >= 4 is 11.6 Å². The molecular weight excluding hydrogens is 289 g/mol. The van der Waals surface area contributed by atoms with Gasteiger partial charge in [0.1, 0.15) is 0 Å². The minimum absolute atomic E-state index is 0.0985. The lowest BCUT2D eigenvalue weighted by atomic mass is 10.1. The van der Waals surface area contributed by atoms with Crippen molar-refractivity contribution in [3.8, 4) is 0 Å². The van der Waals surface area contributed by atoms with E-state index in [1.54, 1.807) is 10.9 Å². The number of rotatable bonds is 3. The molecule has 0 saturated heterocycles. The van der Waals surface area contributed by atoms with E-state index in [9.17, 15) is 13.2 Å². The van der Waals surface area contributed by atoms with Crippen LogP contribution in [-0.2, 0) is 12.7 Å². The summed E-state index contributed by atoms with van der Waals surface area (Å²) in [6.45, 7) is 4.40. The highest BCUT2D eigenvalue weighted by molar-refractivity contribution is 6.31. The second-order valence-corrected chi connectivity index (χ2v) is 5.30. The zero-order valence-corrected chi connectivity index (χ0v) is 11.8. The molecule has 0 aliphatic heterocycles. The number of hydrogen-bond acceptors (Lipinski definition) is 1. The fourth-order valence-electron chi connectivity index (χ4n) is 1.80. The van der Waals surface area contributed by atoms with Gasteiger partial charge in [0.15, 0.2) is 0 Å². The van der Waals surface area contributed by atoms with Gasteiger partial charge in [-0.2, -0.15) is 18.3 Å². The summed E-state index contributed by atoms with van der Waals surface area (Å²) < 4.78 is 39.3. The molecule has 1 heterocycles. The topological polar surface area (TPSA) is 17.8 Å². The standard InChI is InChI=1S/C14H14ClF3N2/c1-9(2)13-5-6-20(19-13)8-10-3-4-11(7-12(10)15)14(16,17)18/h3-7,9H,8H2,1-2H3. The number of aromatic nitrogens is 2. The summed E-state index contributed by atoms with van der Waals surface area (Å²) in [5.41, 5.74) is 0.806. The Morgan fingerprint density at radius 3 is 2.45 bits per heavy atom. The van der Waals surface area contributed by atoms with Crippen LogP contribution in [0.2, 0.25) is 5.02 Å². The second kappa shape index (κ2) is 5.48. The van der Waals surface area contributed by atoms with Crippen LogP contribution in [0.4, 0.5) is 13.2 Å². The Morgan fingerprint density at radius 1 is 1.25 bits per heavy atom. The highest BCUT2D eigenvalue weighted by Gasteiger charge is 2.30. The largest absolute Gasteiger partial charge is 0.416 e. The molecule has 108 valence electrons. The maximum absolute atomic E-state index is 12.5. The third-order valence-electron chi connectivity index (χ3n) is 2.97. The van der Waals surface area contributed by atoms with Crippen molar-refractivity contribution in [2.45, 2.75) is 32.5 Å². The Balaban J connectivity index is 2.21. The van der Waals surface area contributed by atoms with E-state index in [0.29, 0.717) is 18.0 Å². The number of benzene rings is 1. The summed E-state index contributed by atoms with van der Waals surface area (Å²) in [6.07, 6.45) is -2.58. The first-order valence-corrected chi connectivity index (χ1v) is 6.54. The predicted molar refractivity (Wildman–Crippen MR) is 71.9 cm³/mol. The zero-order valence-electron chi connectivity index (χ0n) is 11.1. The number of hydrogen-bond donors (Lipinski definition) is 0. The van der Waals surface area contributed by atoms with Crippen molar-refractivity contribution in [1.29, 1.82) is 0 Å². The molecule has 0 fully saturated rings. The van der Waals surface area contributed by atoms with Crippen LogP contribution < -0.4 is 0 Å². The van der Waals surface area contributed by atoms with Gasteiger partial charge in [0.05, 0.1) is 17.8 Å². The molecule has 0 saturated carbocycles. The molecule has 0 spiro atoms. The second-order valence-electron chi connectivity index (χ2n) is 4.90. The first kappa shape index (κ1) is 14.9. The van der Waals surface area contributed by atoms with Gasteiger partial charge >= 0.3 is 6.18 Å². The Kier molecular flexibility index (Phi) is 4.09. The molecule has 20 heavy (non-hydrogen) atoms. The first-order chi connectivity index (χ1) is 9.27. The average Bonchev–Trinajstić information content (AvgIpc) is 2.79. The van der Waals surface area contributed by atoms with Gasteiger partial charge in [-0.3, -0.25) is 4.68 Å². The van der Waals surface area contributed by atoms with Gasteiger partial charge in [-0.1, -0.05) is 31.5 Å². The van der Waals surface area contributed by atoms with Crippen molar-refractivity contribution in [3.63, 3.8) is 0 Å². The van der Waals surface area contributed by atoms with Gasteiger partial charge in [0.25, 0.3) is 0 Å². The molecule has 0 amide bonds. The highest BCUT2D eigenvalue weighted by Crippen LogP contribution is 2.32. The molecular formula is C14H14ClF3N2. The summed E-state index contributed by atoms with van der Waals surface area (Å²) in [4.78, 5) is 0. The van der Waals surface area contributed by atoms with Gasteiger partial charge in [-0.05, 0) is 29.7 Å². The molecule has 1 aromatic heterocycles. The van der Waals surface area contributed by atoms with Crippen molar-refractivity contribution < 1.29 is 13.2 Å². The molecule has 0 aliphatic rings. The van der Waals surface area contributed by atoms with Gasteiger partial charge < -0.3 is 0 Å². The van der Waals surface area contributed by atoms with Crippen LogP contribution in [0.15, 0.2) is 30.5 Å². The minimum Gasteiger partial charge on any atom is -0.268 e. The van der Waals surface area contributed by atoms with E-state index in [0.717, 1.165) is 17.8 Å². The fraction of sp³-hybridized carbons (Fsp3) is 0.357. The van der Waals surface area contributed by atoms with Crippen molar-refractivity contribution in [2.24, 2.45) is 0 Å². The molecule has 0 unspecified atom stereocenters. The smallest absolute Gasteiger partial charge is 0.268 e. The van der Waals surface area contributed by atoms with Gasteiger partial charge in [-0.25, -0.2) is 0 Å². The Morgan fingerprint density at radius 2 is 1.95 bits per heavy atom. The summed E-state index contributed by atoms with van der Waals surface area (Å²) in [5, 5.41) is 4.45. The van der Waals surface area contributed by atoms with Gasteiger partial charge in [0.2, 0.25) is 0 Å². The van der Waals surface area contributed by atoms with Crippen LogP contribution in [0.1, 0.15) is 36.6 Å². The average molecular weight is 303 g/mol. The third-order valence-corrected chi connectivity index (χ3v) is 3.32. The van der Waals surface area contributed by atoms with E-state index in [-0.39, 0.29) is 5.02 Å². The summed E-state index contributed by atoms with van der Waals surface area (Å²) >= 11 is 5.91. The third kappa shape index (κ3) is 3.33. The zero-order chi connectivity index (χ0) is 14.9. The molecule has 0 radical (unpaired) electrons. The first-order valence-electron chi connectivity index (χ1n) is 6.16. The number of nitrogens with zero attached hydrogens (tertiary/aromatic N) is 2. The van der Waals surface area contributed by atoms with Crippen molar-refractivity contribution in [3.05, 3.63) is 52.3 Å². The molecule has 1 aromatic carbocycles. The Hall–Kier alpha value is -1.49. The van der Waals surface area contributed by atoms with Crippen molar-refractivity contribution in [1.82, 2.24) is 9.78 Å². The van der Waals surface area contributed by atoms with E-state index in [4.69, 9.17) is 11.6 Å². The van der Waals surface area contributed by atoms with E-state index in [2.05, 4.69) is 5.10 Å². The quantitative estimate of drug-likeness (QED) is 0.801. The van der Waals surface area contributed by atoms with E-state index >= 15 is 0 Å². The Bertz CT molecular complexity index is 603. The number of alkyl halides is 3. The minimum atomic E-state index is -4.38. The fourth-order valence-corrected chi connectivity index (χ4v) is 2.04. The molecule has 0 bridgehead atoms. The van der Waals surface area contributed by atoms with Gasteiger partial charge in [-0.15, -0.1) is 0 Å². The maximum Gasteiger partial charge on any atom is 0.416 e. The van der Waals surface area contributed by atoms with Crippen LogP contribution in [0.5, 0.6) is 0 Å². The molecule has 0 aliphatic carbocycles. The molecule has 6 heteroatoms. The molecule has 0 N–H and O–H groups in total. The maximum atomic E-state index is 12.5. The van der Waals surface area contributed by atoms with Gasteiger partial charge in [0, 0.05) is 11.2 Å². The normalized spacial score (nSPS) is 12.2. The lowest BCUT2D eigenvalue weighted by molar-refractivity contribution is -0.137. The molecule has 2 aromatic rings. The van der Waals surface area contributed by atoms with Crippen molar-refractivity contribution in [2.75, 3.05) is 0 Å². The van der Waals surface area contributed by atoms with Crippen LogP contribution in [0.3, 0.4) is 0 Å². The van der Waals surface area contributed by atoms with Crippen LogP contribution in [0.25, 0.3) is 0 Å². The van der Waals surface area contributed by atoms with E-state index < -0.39 is 11.7 Å². The monoisotopic (exact) mass is 302 g/mol. The Labute approximate surface area is 120 Å². The summed E-state index contributed by atoms with van der Waals surface area (Å²) in [5.74, 6) is 0.305. The summed E-state index contributed by atoms with van der Waals surface area (Å²) in [7, 11) is 0. The van der Waals surface area contributed by atoms with Crippen LogP contribution >= 0.6 is 11.6 Å². The molecule has 2 rings (SSSR count). The SMILES string of the molecule is CC(C)c1ccn(Cc2ccc(C(F)(F)F)cc2Cl)n1. The lowest BCUT2D eigenvalue weighted by Gasteiger charge is -2.10. The van der Waals surface area contributed by atoms with Crippen LogP contribution in [0, 0.1) is 0 Å². The van der Waals surface area contributed by atoms with E-state index in [1.807, 2.05) is 19.9 Å². The predicted octanol–water partition coefficient (Wildman–Crippen LogP) is 4.73.